The monoisotopic (exact) mass is 391 g/mol. The van der Waals surface area contributed by atoms with Crippen LogP contribution in [0.5, 0.6) is 5.75 Å². The lowest BCUT2D eigenvalue weighted by Gasteiger charge is -2.34. The summed E-state index contributed by atoms with van der Waals surface area (Å²) in [4.78, 5) is 25.9. The smallest absolute Gasteiger partial charge is 0.291 e. The van der Waals surface area contributed by atoms with E-state index in [0.717, 1.165) is 24.1 Å². The molecule has 2 heterocycles. The lowest BCUT2D eigenvalue weighted by atomic mass is 9.87. The number of rotatable bonds is 4. The van der Waals surface area contributed by atoms with Crippen molar-refractivity contribution in [3.63, 3.8) is 0 Å². The van der Waals surface area contributed by atoms with Gasteiger partial charge in [-0.1, -0.05) is 32.0 Å². The van der Waals surface area contributed by atoms with Crippen LogP contribution in [0.25, 0.3) is 11.0 Å². The normalized spacial score (nSPS) is 18.4. The summed E-state index contributed by atoms with van der Waals surface area (Å²) >= 11 is 0. The topological polar surface area (TPSA) is 68.5 Å². The Morgan fingerprint density at radius 1 is 1.17 bits per heavy atom. The minimum absolute atomic E-state index is 0.0217. The van der Waals surface area contributed by atoms with E-state index in [1.807, 2.05) is 52.0 Å². The second-order valence-corrected chi connectivity index (χ2v) is 7.84. The van der Waals surface area contributed by atoms with E-state index >= 15 is 0 Å². The fourth-order valence-electron chi connectivity index (χ4n) is 3.96. The summed E-state index contributed by atoms with van der Waals surface area (Å²) in [7, 11) is 0. The number of ether oxygens (including phenoxy) is 1. The molecule has 1 N–H and O–H groups in total. The van der Waals surface area contributed by atoms with Gasteiger partial charge in [-0.25, -0.2) is 0 Å². The highest BCUT2D eigenvalue weighted by Gasteiger charge is 2.37. The van der Waals surface area contributed by atoms with E-state index in [9.17, 15) is 9.59 Å². The number of Topliss-reactive ketones (excluding diaryl/α,β-unsaturated/α-hetero) is 1. The fourth-order valence-corrected chi connectivity index (χ4v) is 3.96. The number of fused-ring (bicyclic) bond motifs is 3. The Hall–Kier alpha value is -3.08. The average molecular weight is 391 g/mol. The van der Waals surface area contributed by atoms with Gasteiger partial charge in [-0.2, -0.15) is 0 Å². The number of aryl methyl sites for hydroxylation is 2. The molecule has 1 aliphatic rings. The van der Waals surface area contributed by atoms with Crippen molar-refractivity contribution in [3.05, 3.63) is 58.8 Å². The molecular formula is C24H25NO4. The standard InChI is InChI=1S/C24H25NO4/c1-5-15-9-7-8-10-16(15)25-23(27)22-14(3)20-18(28-22)11-12-19-21(20)17(26)13-24(4,6-2)29-19/h7-12H,5-6,13H2,1-4H3,(H,25,27)/t24-/m1/s1. The number of nitrogens with one attached hydrogen (secondary N) is 1. The molecule has 1 atom stereocenters. The van der Waals surface area contributed by atoms with Gasteiger partial charge in [0.1, 0.15) is 16.9 Å². The molecule has 150 valence electrons. The average Bonchev–Trinajstić information content (AvgIpc) is 3.05. The molecule has 3 aromatic rings. The number of carbonyl (C=O) groups is 2. The third-order valence-corrected chi connectivity index (χ3v) is 5.83. The van der Waals surface area contributed by atoms with E-state index in [2.05, 4.69) is 5.32 Å². The maximum atomic E-state index is 13.0. The highest BCUT2D eigenvalue weighted by Crippen LogP contribution is 2.41. The Morgan fingerprint density at radius 2 is 1.93 bits per heavy atom. The molecule has 0 fully saturated rings. The maximum absolute atomic E-state index is 13.0. The summed E-state index contributed by atoms with van der Waals surface area (Å²) in [5, 5.41) is 3.61. The zero-order valence-corrected chi connectivity index (χ0v) is 17.2. The molecule has 5 nitrogen and oxygen atoms in total. The van der Waals surface area contributed by atoms with Crippen molar-refractivity contribution in [2.75, 3.05) is 5.32 Å². The number of hydrogen-bond acceptors (Lipinski definition) is 4. The van der Waals surface area contributed by atoms with Crippen LogP contribution in [0.4, 0.5) is 5.69 Å². The first-order chi connectivity index (χ1) is 13.9. The minimum atomic E-state index is -0.501. The van der Waals surface area contributed by atoms with Gasteiger partial charge in [0.15, 0.2) is 11.5 Å². The van der Waals surface area contributed by atoms with Crippen molar-refractivity contribution in [3.8, 4) is 5.75 Å². The second-order valence-electron chi connectivity index (χ2n) is 7.84. The molecule has 0 aliphatic carbocycles. The van der Waals surface area contributed by atoms with Crippen molar-refractivity contribution in [2.24, 2.45) is 0 Å². The van der Waals surface area contributed by atoms with Crippen LogP contribution >= 0.6 is 0 Å². The van der Waals surface area contributed by atoms with Crippen LogP contribution in [0.15, 0.2) is 40.8 Å². The third kappa shape index (κ3) is 3.20. The predicted octanol–water partition coefficient (Wildman–Crippen LogP) is 5.69. The highest BCUT2D eigenvalue weighted by molar-refractivity contribution is 6.14. The maximum Gasteiger partial charge on any atom is 0.291 e. The quantitative estimate of drug-likeness (QED) is 0.620. The molecule has 0 unspecified atom stereocenters. The molecule has 2 aromatic carbocycles. The van der Waals surface area contributed by atoms with Crippen LogP contribution in [-0.2, 0) is 6.42 Å². The number of anilines is 1. The molecular weight excluding hydrogens is 366 g/mol. The van der Waals surface area contributed by atoms with Gasteiger partial charge in [0, 0.05) is 16.6 Å². The van der Waals surface area contributed by atoms with Gasteiger partial charge in [0.2, 0.25) is 0 Å². The molecule has 0 saturated heterocycles. The molecule has 4 rings (SSSR count). The number of ketones is 1. The van der Waals surface area contributed by atoms with Gasteiger partial charge in [-0.05, 0) is 50.5 Å². The fraction of sp³-hybridized carbons (Fsp3) is 0.333. The molecule has 1 aromatic heterocycles. The Labute approximate surface area is 170 Å². The number of amides is 1. The Balaban J connectivity index is 1.77. The molecule has 0 radical (unpaired) electrons. The van der Waals surface area contributed by atoms with Gasteiger partial charge in [0.05, 0.1) is 12.0 Å². The van der Waals surface area contributed by atoms with E-state index in [-0.39, 0.29) is 17.5 Å². The van der Waals surface area contributed by atoms with Crippen LogP contribution in [0.1, 0.15) is 65.7 Å². The van der Waals surface area contributed by atoms with E-state index < -0.39 is 5.60 Å². The van der Waals surface area contributed by atoms with Crippen molar-refractivity contribution in [1.29, 1.82) is 0 Å². The Bertz CT molecular complexity index is 1130. The van der Waals surface area contributed by atoms with Crippen molar-refractivity contribution in [2.45, 2.75) is 52.6 Å². The second kappa shape index (κ2) is 7.07. The van der Waals surface area contributed by atoms with Crippen LogP contribution in [0, 0.1) is 6.92 Å². The first-order valence-corrected chi connectivity index (χ1v) is 10.0. The zero-order valence-electron chi connectivity index (χ0n) is 17.2. The van der Waals surface area contributed by atoms with Crippen molar-refractivity contribution in [1.82, 2.24) is 0 Å². The van der Waals surface area contributed by atoms with Crippen LogP contribution in [0.3, 0.4) is 0 Å². The summed E-state index contributed by atoms with van der Waals surface area (Å²) in [6.07, 6.45) is 1.86. The number of hydrogen-bond donors (Lipinski definition) is 1. The minimum Gasteiger partial charge on any atom is -0.486 e. The number of furan rings is 1. The molecule has 0 bridgehead atoms. The highest BCUT2D eigenvalue weighted by atomic mass is 16.5. The van der Waals surface area contributed by atoms with Gasteiger partial charge >= 0.3 is 0 Å². The first-order valence-electron chi connectivity index (χ1n) is 10.0. The number of para-hydroxylation sites is 1. The van der Waals surface area contributed by atoms with Crippen molar-refractivity contribution >= 4 is 28.3 Å². The number of benzene rings is 2. The predicted molar refractivity (Wildman–Crippen MR) is 113 cm³/mol. The molecule has 1 amide bonds. The number of carbonyl (C=O) groups excluding carboxylic acids is 2. The van der Waals surface area contributed by atoms with E-state index in [1.165, 1.54) is 0 Å². The SMILES string of the molecule is CCc1ccccc1NC(=O)c1oc2ccc3c(c2c1C)C(=O)C[C@@](C)(CC)O3. The van der Waals surface area contributed by atoms with Gasteiger partial charge in [0.25, 0.3) is 5.91 Å². The molecule has 0 saturated carbocycles. The first kappa shape index (κ1) is 19.2. The van der Waals surface area contributed by atoms with Gasteiger partial charge < -0.3 is 14.5 Å². The summed E-state index contributed by atoms with van der Waals surface area (Å²) in [6, 6.07) is 11.2. The summed E-state index contributed by atoms with van der Waals surface area (Å²) in [5.41, 5.74) is 3.00. The molecule has 0 spiro atoms. The molecule has 1 aliphatic heterocycles. The Kier molecular flexibility index (Phi) is 4.69. The van der Waals surface area contributed by atoms with Crippen LogP contribution in [-0.4, -0.2) is 17.3 Å². The van der Waals surface area contributed by atoms with Gasteiger partial charge in [-0.3, -0.25) is 9.59 Å². The van der Waals surface area contributed by atoms with Gasteiger partial charge in [-0.15, -0.1) is 0 Å². The van der Waals surface area contributed by atoms with Crippen LogP contribution < -0.4 is 10.1 Å². The summed E-state index contributed by atoms with van der Waals surface area (Å²) in [6.45, 7) is 7.81. The van der Waals surface area contributed by atoms with E-state index in [0.29, 0.717) is 34.3 Å². The molecule has 29 heavy (non-hydrogen) atoms. The van der Waals surface area contributed by atoms with E-state index in [4.69, 9.17) is 9.15 Å². The summed E-state index contributed by atoms with van der Waals surface area (Å²) in [5.74, 6) is 0.477. The summed E-state index contributed by atoms with van der Waals surface area (Å²) < 4.78 is 12.0. The third-order valence-electron chi connectivity index (χ3n) is 5.83. The molecule has 5 heteroatoms. The largest absolute Gasteiger partial charge is 0.486 e. The van der Waals surface area contributed by atoms with Crippen molar-refractivity contribution < 1.29 is 18.7 Å². The van der Waals surface area contributed by atoms with E-state index in [1.54, 1.807) is 12.1 Å². The Morgan fingerprint density at radius 3 is 2.66 bits per heavy atom. The zero-order chi connectivity index (χ0) is 20.8. The lowest BCUT2D eigenvalue weighted by molar-refractivity contribution is 0.0503. The lowest BCUT2D eigenvalue weighted by Crippen LogP contribution is -2.38. The van der Waals surface area contributed by atoms with Crippen LogP contribution in [0.2, 0.25) is 0 Å².